The monoisotopic (exact) mass is 308 g/mol. The van der Waals surface area contributed by atoms with Crippen molar-refractivity contribution in [2.45, 2.75) is 6.92 Å². The van der Waals surface area contributed by atoms with Crippen molar-refractivity contribution < 1.29 is 0 Å². The van der Waals surface area contributed by atoms with Crippen molar-refractivity contribution in [3.63, 3.8) is 0 Å². The third-order valence-electron chi connectivity index (χ3n) is 4.35. The fourth-order valence-corrected chi connectivity index (χ4v) is 2.98. The number of hydrogen-bond acceptors (Lipinski definition) is 5. The lowest BCUT2D eigenvalue weighted by Gasteiger charge is -2.33. The number of rotatable bonds is 2. The van der Waals surface area contributed by atoms with Gasteiger partial charge in [0.15, 0.2) is 0 Å². The van der Waals surface area contributed by atoms with E-state index in [9.17, 15) is 0 Å². The molecule has 4 heterocycles. The van der Waals surface area contributed by atoms with Crippen LogP contribution >= 0.6 is 0 Å². The van der Waals surface area contributed by atoms with E-state index in [4.69, 9.17) is 4.98 Å². The van der Waals surface area contributed by atoms with Gasteiger partial charge in [-0.05, 0) is 26.1 Å². The average molecular weight is 308 g/mol. The maximum Gasteiger partial charge on any atom is 0.147 e. The Balaban J connectivity index is 1.66. The molecule has 118 valence electrons. The van der Waals surface area contributed by atoms with Gasteiger partial charge < -0.3 is 14.8 Å². The smallest absolute Gasteiger partial charge is 0.147 e. The zero-order valence-electron chi connectivity index (χ0n) is 13.5. The number of hydrogen-bond donors (Lipinski definition) is 1. The number of H-pyrrole nitrogens is 1. The van der Waals surface area contributed by atoms with Gasteiger partial charge in [0.05, 0.1) is 18.1 Å². The van der Waals surface area contributed by atoms with Crippen LogP contribution in [0.1, 0.15) is 5.69 Å². The fourth-order valence-electron chi connectivity index (χ4n) is 2.98. The van der Waals surface area contributed by atoms with Crippen molar-refractivity contribution in [2.75, 3.05) is 38.1 Å². The molecule has 23 heavy (non-hydrogen) atoms. The summed E-state index contributed by atoms with van der Waals surface area (Å²) in [6.07, 6.45) is 5.51. The Labute approximate surface area is 135 Å². The Morgan fingerprint density at radius 1 is 1.04 bits per heavy atom. The zero-order valence-corrected chi connectivity index (χ0v) is 13.5. The molecule has 0 spiro atoms. The molecule has 0 bridgehead atoms. The molecule has 0 saturated carbocycles. The number of nitrogens with one attached hydrogen (secondary N) is 1. The van der Waals surface area contributed by atoms with Crippen molar-refractivity contribution in [3.8, 4) is 11.3 Å². The number of likely N-dealkylation sites (N-methyl/N-ethyl adjacent to an activating group) is 1. The lowest BCUT2D eigenvalue weighted by Crippen LogP contribution is -2.44. The van der Waals surface area contributed by atoms with Crippen LogP contribution < -0.4 is 4.90 Å². The topological polar surface area (TPSA) is 60.9 Å². The summed E-state index contributed by atoms with van der Waals surface area (Å²) in [5.41, 5.74) is 3.89. The molecular formula is C17H20N6. The molecule has 0 atom stereocenters. The predicted molar refractivity (Wildman–Crippen MR) is 91.6 cm³/mol. The summed E-state index contributed by atoms with van der Waals surface area (Å²) in [5, 5.41) is 1.10. The van der Waals surface area contributed by atoms with E-state index in [1.807, 2.05) is 25.5 Å². The van der Waals surface area contributed by atoms with Gasteiger partial charge in [-0.1, -0.05) is 0 Å². The van der Waals surface area contributed by atoms with Gasteiger partial charge in [-0.25, -0.2) is 9.97 Å². The first-order valence-corrected chi connectivity index (χ1v) is 7.90. The molecule has 3 aromatic rings. The Kier molecular flexibility index (Phi) is 3.46. The van der Waals surface area contributed by atoms with E-state index < -0.39 is 0 Å². The first-order valence-electron chi connectivity index (χ1n) is 7.90. The Bertz CT molecular complexity index is 832. The zero-order chi connectivity index (χ0) is 15.8. The SMILES string of the molecule is Cc1cc2cc(-c3cncc(N4CCN(C)CC4)n3)cnc2[nH]1. The highest BCUT2D eigenvalue weighted by Gasteiger charge is 2.16. The van der Waals surface area contributed by atoms with Gasteiger partial charge in [-0.3, -0.25) is 4.98 Å². The molecule has 1 N–H and O–H groups in total. The van der Waals surface area contributed by atoms with Gasteiger partial charge in [-0.2, -0.15) is 0 Å². The van der Waals surface area contributed by atoms with Gasteiger partial charge in [-0.15, -0.1) is 0 Å². The molecule has 0 radical (unpaired) electrons. The van der Waals surface area contributed by atoms with Crippen LogP contribution in [0.2, 0.25) is 0 Å². The molecule has 1 fully saturated rings. The van der Waals surface area contributed by atoms with Crippen LogP contribution in [-0.4, -0.2) is 58.1 Å². The highest BCUT2D eigenvalue weighted by Crippen LogP contribution is 2.23. The molecule has 0 aromatic carbocycles. The lowest BCUT2D eigenvalue weighted by molar-refractivity contribution is 0.312. The maximum absolute atomic E-state index is 4.80. The van der Waals surface area contributed by atoms with Crippen molar-refractivity contribution >= 4 is 16.9 Å². The van der Waals surface area contributed by atoms with E-state index in [0.717, 1.165) is 60.0 Å². The fraction of sp³-hybridized carbons (Fsp3) is 0.353. The molecule has 0 unspecified atom stereocenters. The summed E-state index contributed by atoms with van der Waals surface area (Å²) in [5.74, 6) is 0.945. The molecule has 4 rings (SSSR count). The van der Waals surface area contributed by atoms with Crippen LogP contribution in [0.25, 0.3) is 22.3 Å². The van der Waals surface area contributed by atoms with Gasteiger partial charge >= 0.3 is 0 Å². The highest BCUT2D eigenvalue weighted by molar-refractivity contribution is 5.81. The van der Waals surface area contributed by atoms with Crippen LogP contribution in [-0.2, 0) is 0 Å². The standard InChI is InChI=1S/C17H20N6/c1-12-7-13-8-14(9-19-17(13)20-12)15-10-18-11-16(21-15)23-5-3-22(2)4-6-23/h7-11H,3-6H2,1-2H3,(H,19,20). The number of aromatic amines is 1. The van der Waals surface area contributed by atoms with E-state index in [2.05, 4.69) is 43.9 Å². The average Bonchev–Trinajstić information content (AvgIpc) is 2.95. The number of pyridine rings is 1. The van der Waals surface area contributed by atoms with E-state index in [1.54, 1.807) is 0 Å². The Morgan fingerprint density at radius 2 is 1.87 bits per heavy atom. The molecule has 1 aliphatic heterocycles. The highest BCUT2D eigenvalue weighted by atomic mass is 15.3. The van der Waals surface area contributed by atoms with Crippen molar-refractivity contribution in [2.24, 2.45) is 0 Å². The molecular weight excluding hydrogens is 288 g/mol. The summed E-state index contributed by atoms with van der Waals surface area (Å²) in [4.78, 5) is 21.5. The largest absolute Gasteiger partial charge is 0.353 e. The molecule has 6 nitrogen and oxygen atoms in total. The van der Waals surface area contributed by atoms with E-state index in [-0.39, 0.29) is 0 Å². The molecule has 1 aliphatic rings. The quantitative estimate of drug-likeness (QED) is 0.785. The minimum atomic E-state index is 0.870. The Hall–Kier alpha value is -2.47. The van der Waals surface area contributed by atoms with E-state index in [0.29, 0.717) is 0 Å². The second kappa shape index (κ2) is 5.62. The second-order valence-electron chi connectivity index (χ2n) is 6.17. The summed E-state index contributed by atoms with van der Waals surface area (Å²) in [6, 6.07) is 4.22. The van der Waals surface area contributed by atoms with E-state index in [1.165, 1.54) is 0 Å². The molecule has 0 amide bonds. The third kappa shape index (κ3) is 2.77. The van der Waals surface area contributed by atoms with E-state index >= 15 is 0 Å². The van der Waals surface area contributed by atoms with Crippen molar-refractivity contribution in [1.29, 1.82) is 0 Å². The number of aryl methyl sites for hydroxylation is 1. The minimum Gasteiger partial charge on any atom is -0.353 e. The number of piperazine rings is 1. The van der Waals surface area contributed by atoms with Gasteiger partial charge in [0.25, 0.3) is 0 Å². The van der Waals surface area contributed by atoms with Gasteiger partial charge in [0, 0.05) is 49.0 Å². The summed E-state index contributed by atoms with van der Waals surface area (Å²) >= 11 is 0. The lowest BCUT2D eigenvalue weighted by atomic mass is 10.2. The van der Waals surface area contributed by atoms with Gasteiger partial charge in [0.2, 0.25) is 0 Å². The van der Waals surface area contributed by atoms with Crippen LogP contribution in [0.4, 0.5) is 5.82 Å². The van der Waals surface area contributed by atoms with Crippen molar-refractivity contribution in [3.05, 3.63) is 36.4 Å². The summed E-state index contributed by atoms with van der Waals surface area (Å²) in [7, 11) is 2.15. The van der Waals surface area contributed by atoms with Crippen LogP contribution in [0.3, 0.4) is 0 Å². The number of nitrogens with zero attached hydrogens (tertiary/aromatic N) is 5. The Morgan fingerprint density at radius 3 is 2.70 bits per heavy atom. The minimum absolute atomic E-state index is 0.870. The maximum atomic E-state index is 4.80. The number of fused-ring (bicyclic) bond motifs is 1. The third-order valence-corrected chi connectivity index (χ3v) is 4.35. The first-order chi connectivity index (χ1) is 11.2. The molecule has 1 saturated heterocycles. The summed E-state index contributed by atoms with van der Waals surface area (Å²) < 4.78 is 0. The predicted octanol–water partition coefficient (Wildman–Crippen LogP) is 2.08. The first kappa shape index (κ1) is 14.1. The molecule has 3 aromatic heterocycles. The summed E-state index contributed by atoms with van der Waals surface area (Å²) in [6.45, 7) is 6.13. The molecule has 0 aliphatic carbocycles. The van der Waals surface area contributed by atoms with Crippen LogP contribution in [0.5, 0.6) is 0 Å². The van der Waals surface area contributed by atoms with Crippen LogP contribution in [0, 0.1) is 6.92 Å². The van der Waals surface area contributed by atoms with Crippen LogP contribution in [0.15, 0.2) is 30.7 Å². The van der Waals surface area contributed by atoms with Gasteiger partial charge in [0.1, 0.15) is 11.5 Å². The number of aromatic nitrogens is 4. The van der Waals surface area contributed by atoms with Crippen molar-refractivity contribution in [1.82, 2.24) is 24.8 Å². The number of anilines is 1. The second-order valence-corrected chi connectivity index (χ2v) is 6.17. The normalized spacial score (nSPS) is 16.2. The molecule has 6 heteroatoms.